The van der Waals surface area contributed by atoms with Crippen molar-refractivity contribution >= 4 is 23.8 Å². The summed E-state index contributed by atoms with van der Waals surface area (Å²) in [6, 6.07) is 10.7. The van der Waals surface area contributed by atoms with Crippen molar-refractivity contribution in [1.29, 1.82) is 0 Å². The van der Waals surface area contributed by atoms with Crippen LogP contribution in [0.1, 0.15) is 31.2 Å². The Balaban J connectivity index is 1.57. The number of benzene rings is 1. The van der Waals surface area contributed by atoms with Gasteiger partial charge < -0.3 is 15.0 Å². The summed E-state index contributed by atoms with van der Waals surface area (Å²) in [6.45, 7) is 0.660. The first-order valence-corrected chi connectivity index (χ1v) is 9.53. The van der Waals surface area contributed by atoms with Crippen LogP contribution in [0.5, 0.6) is 0 Å². The van der Waals surface area contributed by atoms with E-state index in [1.807, 2.05) is 34.9 Å². The van der Waals surface area contributed by atoms with Gasteiger partial charge in [-0.25, -0.2) is 4.79 Å². The summed E-state index contributed by atoms with van der Waals surface area (Å²) in [6.07, 6.45) is 3.35. The van der Waals surface area contributed by atoms with Gasteiger partial charge >= 0.3 is 12.0 Å². The van der Waals surface area contributed by atoms with Crippen LogP contribution < -0.4 is 5.32 Å². The van der Waals surface area contributed by atoms with E-state index < -0.39 is 0 Å². The average molecular weight is 348 g/mol. The van der Waals surface area contributed by atoms with Crippen molar-refractivity contribution in [2.24, 2.45) is 0 Å². The van der Waals surface area contributed by atoms with Gasteiger partial charge in [0.15, 0.2) is 0 Å². The lowest BCUT2D eigenvalue weighted by atomic mass is 10.0. The molecule has 0 saturated carbocycles. The van der Waals surface area contributed by atoms with Gasteiger partial charge in [-0.05, 0) is 18.4 Å². The molecule has 0 aromatic heterocycles. The highest BCUT2D eigenvalue weighted by molar-refractivity contribution is 8.00. The molecule has 3 rings (SSSR count). The van der Waals surface area contributed by atoms with Crippen LogP contribution in [0.3, 0.4) is 0 Å². The Labute approximate surface area is 147 Å². The van der Waals surface area contributed by atoms with Crippen molar-refractivity contribution in [2.45, 2.75) is 49.6 Å². The van der Waals surface area contributed by atoms with Crippen LogP contribution in [-0.4, -0.2) is 47.1 Å². The number of fused-ring (bicyclic) bond motifs is 1. The highest BCUT2D eigenvalue weighted by Crippen LogP contribution is 2.38. The highest BCUT2D eigenvalue weighted by atomic mass is 32.2. The van der Waals surface area contributed by atoms with E-state index in [1.165, 1.54) is 7.11 Å². The Hall–Kier alpha value is -1.69. The second kappa shape index (κ2) is 7.92. The Bertz CT molecular complexity index is 581. The third-order valence-corrected chi connectivity index (χ3v) is 6.25. The monoisotopic (exact) mass is 348 g/mol. The number of rotatable bonds is 7. The normalized spacial score (nSPS) is 25.5. The number of ether oxygens (including phenoxy) is 1. The maximum Gasteiger partial charge on any atom is 0.318 e. The SMILES string of the molecule is COC(=O)CCCC[C@H]1SC[C@@H]2NC(=O)N(Cc3ccccc3)[C@@H]21. The van der Waals surface area contributed by atoms with E-state index in [0.717, 1.165) is 30.6 Å². The van der Waals surface area contributed by atoms with Gasteiger partial charge in [-0.15, -0.1) is 0 Å². The van der Waals surface area contributed by atoms with Crippen LogP contribution in [0.25, 0.3) is 0 Å². The maximum absolute atomic E-state index is 12.3. The second-order valence-corrected chi connectivity index (χ2v) is 7.63. The fourth-order valence-electron chi connectivity index (χ4n) is 3.53. The molecule has 0 aliphatic carbocycles. The van der Waals surface area contributed by atoms with Crippen molar-refractivity contribution in [3.05, 3.63) is 35.9 Å². The van der Waals surface area contributed by atoms with E-state index in [0.29, 0.717) is 18.2 Å². The molecule has 0 spiro atoms. The van der Waals surface area contributed by atoms with Gasteiger partial charge in [-0.3, -0.25) is 4.79 Å². The highest BCUT2D eigenvalue weighted by Gasteiger charge is 2.47. The number of thioether (sulfide) groups is 1. The molecule has 1 aromatic carbocycles. The smallest absolute Gasteiger partial charge is 0.318 e. The molecule has 0 unspecified atom stereocenters. The van der Waals surface area contributed by atoms with Gasteiger partial charge in [0.1, 0.15) is 0 Å². The summed E-state index contributed by atoms with van der Waals surface area (Å²) in [7, 11) is 1.43. The number of hydrogen-bond acceptors (Lipinski definition) is 4. The van der Waals surface area contributed by atoms with E-state index in [4.69, 9.17) is 0 Å². The van der Waals surface area contributed by atoms with Gasteiger partial charge in [0.05, 0.1) is 19.2 Å². The molecule has 24 heavy (non-hydrogen) atoms. The van der Waals surface area contributed by atoms with Crippen molar-refractivity contribution in [3.8, 4) is 0 Å². The number of methoxy groups -OCH3 is 1. The molecular weight excluding hydrogens is 324 g/mol. The number of unbranched alkanes of at least 4 members (excludes halogenated alkanes) is 1. The molecular formula is C18H24N2O3S. The summed E-state index contributed by atoms with van der Waals surface area (Å²) >= 11 is 1.94. The van der Waals surface area contributed by atoms with Gasteiger partial charge in [0, 0.05) is 24.0 Å². The number of carbonyl (C=O) groups is 2. The topological polar surface area (TPSA) is 58.6 Å². The van der Waals surface area contributed by atoms with Crippen LogP contribution in [0, 0.1) is 0 Å². The summed E-state index contributed by atoms with van der Waals surface area (Å²) in [4.78, 5) is 25.5. The minimum atomic E-state index is -0.143. The zero-order valence-electron chi connectivity index (χ0n) is 13.9. The largest absolute Gasteiger partial charge is 0.469 e. The summed E-state index contributed by atoms with van der Waals surface area (Å²) in [5, 5.41) is 3.57. The number of carbonyl (C=O) groups excluding carboxylic acids is 2. The summed E-state index contributed by atoms with van der Waals surface area (Å²) in [5.74, 6) is 0.832. The first-order chi connectivity index (χ1) is 11.7. The number of nitrogens with one attached hydrogen (secondary N) is 1. The molecule has 2 amide bonds. The molecule has 2 aliphatic rings. The zero-order chi connectivity index (χ0) is 16.9. The molecule has 2 fully saturated rings. The number of urea groups is 1. The number of hydrogen-bond donors (Lipinski definition) is 1. The number of esters is 1. The van der Waals surface area contributed by atoms with Crippen molar-refractivity contribution in [2.75, 3.05) is 12.9 Å². The Kier molecular flexibility index (Phi) is 5.66. The van der Waals surface area contributed by atoms with E-state index in [1.54, 1.807) is 0 Å². The Morgan fingerprint density at radius 3 is 2.88 bits per heavy atom. The standard InChI is InChI=1S/C18H24N2O3S/c1-23-16(21)10-6-5-9-15-17-14(12-24-15)19-18(22)20(17)11-13-7-3-2-4-8-13/h2-4,7-8,14-15,17H,5-6,9-12H2,1H3,(H,19,22)/t14-,15+,17-/m0/s1. The van der Waals surface area contributed by atoms with E-state index >= 15 is 0 Å². The van der Waals surface area contributed by atoms with Crippen molar-refractivity contribution in [1.82, 2.24) is 10.2 Å². The lowest BCUT2D eigenvalue weighted by Crippen LogP contribution is -2.40. The van der Waals surface area contributed by atoms with E-state index in [-0.39, 0.29) is 24.1 Å². The predicted molar refractivity (Wildman–Crippen MR) is 94.8 cm³/mol. The van der Waals surface area contributed by atoms with Gasteiger partial charge in [-0.1, -0.05) is 36.8 Å². The van der Waals surface area contributed by atoms with Crippen LogP contribution in [0.4, 0.5) is 4.79 Å². The first kappa shape index (κ1) is 17.1. The van der Waals surface area contributed by atoms with Crippen LogP contribution in [0.2, 0.25) is 0 Å². The third kappa shape index (κ3) is 3.86. The quantitative estimate of drug-likeness (QED) is 0.468. The van der Waals surface area contributed by atoms with E-state index in [9.17, 15) is 9.59 Å². The third-order valence-electron chi connectivity index (χ3n) is 4.76. The van der Waals surface area contributed by atoms with Crippen LogP contribution in [-0.2, 0) is 16.1 Å². The summed E-state index contributed by atoms with van der Waals surface area (Å²) < 4.78 is 4.68. The van der Waals surface area contributed by atoms with E-state index in [2.05, 4.69) is 22.2 Å². The first-order valence-electron chi connectivity index (χ1n) is 8.48. The zero-order valence-corrected chi connectivity index (χ0v) is 14.8. The molecule has 2 heterocycles. The van der Waals surface area contributed by atoms with Crippen LogP contribution >= 0.6 is 11.8 Å². The minimum absolute atomic E-state index is 0.0497. The maximum atomic E-state index is 12.3. The van der Waals surface area contributed by atoms with Gasteiger partial charge in [-0.2, -0.15) is 11.8 Å². The van der Waals surface area contributed by atoms with Gasteiger partial charge in [0.2, 0.25) is 0 Å². The van der Waals surface area contributed by atoms with Crippen molar-refractivity contribution in [3.63, 3.8) is 0 Å². The molecule has 1 aromatic rings. The van der Waals surface area contributed by atoms with Crippen molar-refractivity contribution < 1.29 is 14.3 Å². The Morgan fingerprint density at radius 2 is 2.12 bits per heavy atom. The van der Waals surface area contributed by atoms with Gasteiger partial charge in [0.25, 0.3) is 0 Å². The summed E-state index contributed by atoms with van der Waals surface area (Å²) in [5.41, 5.74) is 1.16. The minimum Gasteiger partial charge on any atom is -0.469 e. The predicted octanol–water partition coefficient (Wildman–Crippen LogP) is 2.80. The second-order valence-electron chi connectivity index (χ2n) is 6.35. The molecule has 1 N–H and O–H groups in total. The lowest BCUT2D eigenvalue weighted by Gasteiger charge is -2.27. The fourth-order valence-corrected chi connectivity index (χ4v) is 5.14. The number of nitrogens with zero attached hydrogens (tertiary/aromatic N) is 1. The molecule has 0 radical (unpaired) electrons. The molecule has 3 atom stereocenters. The molecule has 0 bridgehead atoms. The Morgan fingerprint density at radius 1 is 1.33 bits per heavy atom. The fraction of sp³-hybridized carbons (Fsp3) is 0.556. The number of amides is 2. The average Bonchev–Trinajstić information content (AvgIpc) is 3.12. The molecule has 2 aliphatic heterocycles. The molecule has 5 nitrogen and oxygen atoms in total. The molecule has 130 valence electrons. The van der Waals surface area contributed by atoms with Crippen LogP contribution in [0.15, 0.2) is 30.3 Å². The molecule has 2 saturated heterocycles. The molecule has 6 heteroatoms. The lowest BCUT2D eigenvalue weighted by molar-refractivity contribution is -0.140.